The SMILES string of the molecule is CN1Cc2cc(O)ccc2C[C@H]1CN1CCc2ccccc2C1. The Labute approximate surface area is 138 Å². The van der Waals surface area contributed by atoms with Crippen molar-refractivity contribution >= 4 is 0 Å². The van der Waals surface area contributed by atoms with Gasteiger partial charge in [-0.3, -0.25) is 9.80 Å². The minimum Gasteiger partial charge on any atom is -0.508 e. The molecule has 0 radical (unpaired) electrons. The van der Waals surface area contributed by atoms with Gasteiger partial charge in [0, 0.05) is 32.2 Å². The monoisotopic (exact) mass is 308 g/mol. The summed E-state index contributed by atoms with van der Waals surface area (Å²) < 4.78 is 0. The Morgan fingerprint density at radius 2 is 1.83 bits per heavy atom. The average molecular weight is 308 g/mol. The third-order valence-electron chi connectivity index (χ3n) is 5.37. The Kier molecular flexibility index (Phi) is 3.83. The van der Waals surface area contributed by atoms with Crippen LogP contribution < -0.4 is 0 Å². The lowest BCUT2D eigenvalue weighted by Crippen LogP contribution is -2.46. The maximum absolute atomic E-state index is 9.67. The summed E-state index contributed by atoms with van der Waals surface area (Å²) in [5.74, 6) is 0.378. The van der Waals surface area contributed by atoms with Gasteiger partial charge in [0.05, 0.1) is 0 Å². The standard InChI is InChI=1S/C20H24N2O/c1-21-12-18-11-20(23)7-6-16(18)10-19(21)14-22-9-8-15-4-2-3-5-17(15)13-22/h2-7,11,19,23H,8-10,12-14H2,1H3/t19-/m0/s1. The molecule has 2 aromatic rings. The summed E-state index contributed by atoms with van der Waals surface area (Å²) in [5.41, 5.74) is 5.67. The zero-order valence-corrected chi connectivity index (χ0v) is 13.7. The highest BCUT2D eigenvalue weighted by molar-refractivity contribution is 5.37. The van der Waals surface area contributed by atoms with Crippen LogP contribution in [0.25, 0.3) is 0 Å². The minimum atomic E-state index is 0.378. The summed E-state index contributed by atoms with van der Waals surface area (Å²) >= 11 is 0. The lowest BCUT2D eigenvalue weighted by Gasteiger charge is -2.39. The largest absolute Gasteiger partial charge is 0.508 e. The summed E-state index contributed by atoms with van der Waals surface area (Å²) in [6.07, 6.45) is 2.24. The number of hydrogen-bond donors (Lipinski definition) is 1. The molecule has 3 nitrogen and oxygen atoms in total. The van der Waals surface area contributed by atoms with Gasteiger partial charge in [-0.15, -0.1) is 0 Å². The van der Waals surface area contributed by atoms with E-state index < -0.39 is 0 Å². The number of likely N-dealkylation sites (N-methyl/N-ethyl adjacent to an activating group) is 1. The number of phenols is 1. The second-order valence-electron chi connectivity index (χ2n) is 6.98. The van der Waals surface area contributed by atoms with Crippen molar-refractivity contribution in [3.63, 3.8) is 0 Å². The number of aromatic hydroxyl groups is 1. The van der Waals surface area contributed by atoms with Gasteiger partial charge in [-0.05, 0) is 54.3 Å². The van der Waals surface area contributed by atoms with E-state index in [1.54, 1.807) is 0 Å². The molecule has 1 N–H and O–H groups in total. The molecule has 120 valence electrons. The van der Waals surface area contributed by atoms with Gasteiger partial charge in [-0.2, -0.15) is 0 Å². The van der Waals surface area contributed by atoms with Gasteiger partial charge in [0.2, 0.25) is 0 Å². The smallest absolute Gasteiger partial charge is 0.115 e. The van der Waals surface area contributed by atoms with Crippen LogP contribution in [-0.2, 0) is 25.9 Å². The molecule has 1 atom stereocenters. The van der Waals surface area contributed by atoms with E-state index >= 15 is 0 Å². The molecule has 0 saturated carbocycles. The molecule has 4 rings (SSSR count). The first-order chi connectivity index (χ1) is 11.2. The number of phenolic OH excluding ortho intramolecular Hbond substituents is 1. The fourth-order valence-electron chi connectivity index (χ4n) is 3.98. The predicted molar refractivity (Wildman–Crippen MR) is 92.5 cm³/mol. The zero-order chi connectivity index (χ0) is 15.8. The molecule has 0 aliphatic carbocycles. The number of fused-ring (bicyclic) bond motifs is 2. The average Bonchev–Trinajstić information content (AvgIpc) is 2.56. The number of hydrogen-bond acceptors (Lipinski definition) is 3. The third-order valence-corrected chi connectivity index (χ3v) is 5.37. The highest BCUT2D eigenvalue weighted by Gasteiger charge is 2.26. The van der Waals surface area contributed by atoms with Gasteiger partial charge in [0.15, 0.2) is 0 Å². The first-order valence-electron chi connectivity index (χ1n) is 8.49. The van der Waals surface area contributed by atoms with Crippen LogP contribution in [0, 0.1) is 0 Å². The Morgan fingerprint density at radius 1 is 1.00 bits per heavy atom. The van der Waals surface area contributed by atoms with Crippen LogP contribution >= 0.6 is 0 Å². The molecule has 0 spiro atoms. The molecule has 3 heteroatoms. The molecular formula is C20H24N2O. The lowest BCUT2D eigenvalue weighted by atomic mass is 9.93. The van der Waals surface area contributed by atoms with E-state index in [4.69, 9.17) is 0 Å². The second kappa shape index (κ2) is 5.99. The van der Waals surface area contributed by atoms with Crippen LogP contribution in [0.3, 0.4) is 0 Å². The lowest BCUT2D eigenvalue weighted by molar-refractivity contribution is 0.137. The fourth-order valence-corrected chi connectivity index (χ4v) is 3.98. The van der Waals surface area contributed by atoms with Crippen LogP contribution in [0.5, 0.6) is 5.75 Å². The summed E-state index contributed by atoms with van der Waals surface area (Å²) in [6.45, 7) is 4.27. The van der Waals surface area contributed by atoms with Crippen molar-refractivity contribution in [2.24, 2.45) is 0 Å². The second-order valence-corrected chi connectivity index (χ2v) is 6.98. The Bertz CT molecular complexity index is 713. The van der Waals surface area contributed by atoms with E-state index in [0.717, 1.165) is 39.0 Å². The van der Waals surface area contributed by atoms with Gasteiger partial charge in [0.1, 0.15) is 5.75 Å². The van der Waals surface area contributed by atoms with Gasteiger partial charge < -0.3 is 5.11 Å². The topological polar surface area (TPSA) is 26.7 Å². The molecule has 0 amide bonds. The molecule has 23 heavy (non-hydrogen) atoms. The molecular weight excluding hydrogens is 284 g/mol. The maximum Gasteiger partial charge on any atom is 0.115 e. The van der Waals surface area contributed by atoms with E-state index in [9.17, 15) is 5.11 Å². The molecule has 0 unspecified atom stereocenters. The third kappa shape index (κ3) is 2.99. The summed E-state index contributed by atoms with van der Waals surface area (Å²) in [6, 6.07) is 15.2. The van der Waals surface area contributed by atoms with Crippen LogP contribution in [0.1, 0.15) is 22.3 Å². The Balaban J connectivity index is 1.47. The van der Waals surface area contributed by atoms with E-state index in [1.807, 2.05) is 12.1 Å². The molecule has 2 aliphatic rings. The molecule has 0 aromatic heterocycles. The number of benzene rings is 2. The minimum absolute atomic E-state index is 0.378. The van der Waals surface area contributed by atoms with Gasteiger partial charge in [-0.25, -0.2) is 0 Å². The van der Waals surface area contributed by atoms with Crippen molar-refractivity contribution in [3.05, 3.63) is 64.7 Å². The maximum atomic E-state index is 9.67. The van der Waals surface area contributed by atoms with E-state index in [-0.39, 0.29) is 0 Å². The Morgan fingerprint density at radius 3 is 2.70 bits per heavy atom. The van der Waals surface area contributed by atoms with Crippen LogP contribution in [0.15, 0.2) is 42.5 Å². The zero-order valence-electron chi connectivity index (χ0n) is 13.7. The fraction of sp³-hybridized carbons (Fsp3) is 0.400. The van der Waals surface area contributed by atoms with Crippen molar-refractivity contribution < 1.29 is 5.11 Å². The van der Waals surface area contributed by atoms with Crippen molar-refractivity contribution in [2.75, 3.05) is 20.1 Å². The molecule has 2 aliphatic heterocycles. The molecule has 0 fully saturated rings. The van der Waals surface area contributed by atoms with Crippen molar-refractivity contribution in [1.82, 2.24) is 9.80 Å². The first kappa shape index (κ1) is 14.7. The highest BCUT2D eigenvalue weighted by atomic mass is 16.3. The Hall–Kier alpha value is -1.84. The van der Waals surface area contributed by atoms with Crippen LogP contribution in [0.4, 0.5) is 0 Å². The summed E-state index contributed by atoms with van der Waals surface area (Å²) in [7, 11) is 2.20. The van der Waals surface area contributed by atoms with E-state index in [2.05, 4.69) is 47.2 Å². The normalized spacial score (nSPS) is 21.7. The quantitative estimate of drug-likeness (QED) is 0.924. The van der Waals surface area contributed by atoms with Gasteiger partial charge >= 0.3 is 0 Å². The summed E-state index contributed by atoms with van der Waals surface area (Å²) in [4.78, 5) is 5.02. The van der Waals surface area contributed by atoms with Crippen LogP contribution in [0.2, 0.25) is 0 Å². The molecule has 0 bridgehead atoms. The molecule has 0 saturated heterocycles. The van der Waals surface area contributed by atoms with E-state index in [1.165, 1.54) is 22.3 Å². The molecule has 2 heterocycles. The number of rotatable bonds is 2. The van der Waals surface area contributed by atoms with E-state index in [0.29, 0.717) is 11.8 Å². The highest BCUT2D eigenvalue weighted by Crippen LogP contribution is 2.27. The first-order valence-corrected chi connectivity index (χ1v) is 8.49. The van der Waals surface area contributed by atoms with Gasteiger partial charge in [-0.1, -0.05) is 30.3 Å². The van der Waals surface area contributed by atoms with Gasteiger partial charge in [0.25, 0.3) is 0 Å². The predicted octanol–water partition coefficient (Wildman–Crippen LogP) is 2.81. The van der Waals surface area contributed by atoms with Crippen LogP contribution in [-0.4, -0.2) is 41.1 Å². The van der Waals surface area contributed by atoms with Crippen molar-refractivity contribution in [3.8, 4) is 5.75 Å². The van der Waals surface area contributed by atoms with Crippen molar-refractivity contribution in [2.45, 2.75) is 32.0 Å². The number of nitrogens with zero attached hydrogens (tertiary/aromatic N) is 2. The molecule has 2 aromatic carbocycles. The summed E-state index contributed by atoms with van der Waals surface area (Å²) in [5, 5.41) is 9.67. The van der Waals surface area contributed by atoms with Crippen molar-refractivity contribution in [1.29, 1.82) is 0 Å².